The van der Waals surface area contributed by atoms with Crippen LogP contribution in [0.3, 0.4) is 0 Å². The molecule has 0 aliphatic heterocycles. The van der Waals surface area contributed by atoms with E-state index in [1.165, 1.54) is 77.2 Å². The molecular weight excluding hydrogens is 518 g/mol. The van der Waals surface area contributed by atoms with Gasteiger partial charge in [0, 0.05) is 18.0 Å². The van der Waals surface area contributed by atoms with Crippen molar-refractivity contribution in [1.29, 1.82) is 0 Å². The van der Waals surface area contributed by atoms with Crippen LogP contribution in [0.1, 0.15) is 22.3 Å². The number of fused-ring (bicyclic) bond motifs is 10. The van der Waals surface area contributed by atoms with Gasteiger partial charge >= 0.3 is 0 Å². The van der Waals surface area contributed by atoms with E-state index in [4.69, 9.17) is 0 Å². The number of nitrogens with zero attached hydrogens (tertiary/aromatic N) is 1. The number of hydrogen-bond acceptors (Lipinski definition) is 1. The lowest BCUT2D eigenvalue weighted by atomic mass is 9.61. The predicted molar refractivity (Wildman–Crippen MR) is 179 cm³/mol. The van der Waals surface area contributed by atoms with Crippen molar-refractivity contribution in [3.05, 3.63) is 186 Å². The molecule has 0 saturated heterocycles. The lowest BCUT2D eigenvalue weighted by molar-refractivity contribution is 0.772. The van der Waals surface area contributed by atoms with Gasteiger partial charge < -0.3 is 0 Å². The Morgan fingerprint density at radius 1 is 0.395 bits per heavy atom. The van der Waals surface area contributed by atoms with E-state index in [0.29, 0.717) is 0 Å². The number of benzene rings is 5. The third-order valence-electron chi connectivity index (χ3n) is 9.41. The summed E-state index contributed by atoms with van der Waals surface area (Å²) in [6, 6.07) is 55.5. The fraction of sp³-hybridized carbons (Fsp3) is 0.0238. The molecule has 1 atom stereocenters. The Balaban J connectivity index is 1.41. The second kappa shape index (κ2) is 9.24. The van der Waals surface area contributed by atoms with E-state index in [1.54, 1.807) is 0 Å². The lowest BCUT2D eigenvalue weighted by Gasteiger charge is -2.40. The molecule has 9 rings (SSSR count). The van der Waals surface area contributed by atoms with E-state index in [1.807, 2.05) is 6.20 Å². The maximum atomic E-state index is 4.67. The summed E-state index contributed by atoms with van der Waals surface area (Å²) < 4.78 is 0. The predicted octanol–water partition coefficient (Wildman–Crippen LogP) is 10.5. The van der Waals surface area contributed by atoms with Crippen molar-refractivity contribution in [3.8, 4) is 33.4 Å². The Bertz CT molecular complexity index is 2310. The maximum Gasteiger partial charge on any atom is 0.0726 e. The van der Waals surface area contributed by atoms with Gasteiger partial charge in [-0.1, -0.05) is 140 Å². The molecule has 0 bridgehead atoms. The van der Waals surface area contributed by atoms with Gasteiger partial charge in [-0.15, -0.1) is 0 Å². The largest absolute Gasteiger partial charge is 0.264 e. The topological polar surface area (TPSA) is 12.9 Å². The highest BCUT2D eigenvalue weighted by Gasteiger charge is 2.50. The SMILES string of the molecule is c1cccc(-c2ccc3c(c2)-c2cnccc2C32c3ccccc3-c3cccc4cccc2c34)c2ccccc2ccc1. The zero-order valence-electron chi connectivity index (χ0n) is 23.5. The van der Waals surface area contributed by atoms with Crippen molar-refractivity contribution in [2.45, 2.75) is 5.41 Å². The summed E-state index contributed by atoms with van der Waals surface area (Å²) in [6.07, 6.45) is 4.03. The number of hydrogen-bond donors (Lipinski definition) is 0. The van der Waals surface area contributed by atoms with Crippen LogP contribution in [0.25, 0.3) is 54.9 Å². The van der Waals surface area contributed by atoms with Gasteiger partial charge in [0.05, 0.1) is 5.41 Å². The molecule has 0 fully saturated rings. The third kappa shape index (κ3) is 3.31. The Morgan fingerprint density at radius 3 is 1.95 bits per heavy atom. The van der Waals surface area contributed by atoms with Crippen LogP contribution in [-0.2, 0) is 5.41 Å². The first-order valence-electron chi connectivity index (χ1n) is 14.9. The third-order valence-corrected chi connectivity index (χ3v) is 9.41. The molecule has 43 heavy (non-hydrogen) atoms. The lowest BCUT2D eigenvalue weighted by Crippen LogP contribution is -2.31. The molecule has 1 heterocycles. The van der Waals surface area contributed by atoms with E-state index in [0.717, 1.165) is 0 Å². The van der Waals surface area contributed by atoms with Gasteiger partial charge in [-0.25, -0.2) is 0 Å². The average molecular weight is 546 g/mol. The summed E-state index contributed by atoms with van der Waals surface area (Å²) in [5.41, 5.74) is 12.4. The van der Waals surface area contributed by atoms with E-state index in [9.17, 15) is 0 Å². The van der Waals surface area contributed by atoms with Crippen LogP contribution in [-0.4, -0.2) is 4.98 Å². The van der Waals surface area contributed by atoms with Gasteiger partial charge in [0.1, 0.15) is 0 Å². The first-order valence-corrected chi connectivity index (χ1v) is 14.9. The van der Waals surface area contributed by atoms with Crippen LogP contribution in [0.4, 0.5) is 0 Å². The molecule has 1 heteroatoms. The molecule has 0 amide bonds. The molecule has 6 aromatic carbocycles. The molecule has 2 aliphatic carbocycles. The molecular formula is C42H27N. The highest BCUT2D eigenvalue weighted by molar-refractivity contribution is 6.07. The second-order valence-electron chi connectivity index (χ2n) is 11.5. The summed E-state index contributed by atoms with van der Waals surface area (Å²) in [5, 5.41) is 5.05. The van der Waals surface area contributed by atoms with Crippen LogP contribution >= 0.6 is 0 Å². The Labute approximate surface area is 251 Å². The molecule has 0 saturated carbocycles. The smallest absolute Gasteiger partial charge is 0.0726 e. The van der Waals surface area contributed by atoms with Crippen LogP contribution in [0.5, 0.6) is 0 Å². The van der Waals surface area contributed by atoms with Crippen molar-refractivity contribution >= 4 is 21.5 Å². The van der Waals surface area contributed by atoms with E-state index in [2.05, 4.69) is 163 Å². The fourth-order valence-electron chi connectivity index (χ4n) is 7.72. The van der Waals surface area contributed by atoms with Crippen molar-refractivity contribution in [1.82, 2.24) is 4.98 Å². The van der Waals surface area contributed by atoms with Crippen molar-refractivity contribution in [2.75, 3.05) is 0 Å². The van der Waals surface area contributed by atoms with E-state index in [-0.39, 0.29) is 0 Å². The first kappa shape index (κ1) is 24.1. The van der Waals surface area contributed by atoms with Crippen LogP contribution in [0.2, 0.25) is 0 Å². The summed E-state index contributed by atoms with van der Waals surface area (Å²) in [4.78, 5) is 4.67. The van der Waals surface area contributed by atoms with Crippen LogP contribution in [0, 0.1) is 0 Å². The second-order valence-corrected chi connectivity index (χ2v) is 11.5. The summed E-state index contributed by atoms with van der Waals surface area (Å²) in [7, 11) is 0. The zero-order chi connectivity index (χ0) is 28.4. The van der Waals surface area contributed by atoms with Gasteiger partial charge in [-0.3, -0.25) is 4.98 Å². The van der Waals surface area contributed by atoms with Gasteiger partial charge in [0.15, 0.2) is 0 Å². The minimum Gasteiger partial charge on any atom is -0.264 e. The van der Waals surface area contributed by atoms with Gasteiger partial charge in [0.2, 0.25) is 0 Å². The van der Waals surface area contributed by atoms with Crippen molar-refractivity contribution < 1.29 is 0 Å². The number of rotatable bonds is 1. The van der Waals surface area contributed by atoms with Gasteiger partial charge in [0.25, 0.3) is 0 Å². The Hall–Kier alpha value is -5.53. The number of aromatic nitrogens is 1. The summed E-state index contributed by atoms with van der Waals surface area (Å²) in [5.74, 6) is 0. The quantitative estimate of drug-likeness (QED) is 0.200. The minimum absolute atomic E-state index is 0.424. The van der Waals surface area contributed by atoms with Gasteiger partial charge in [-0.05, 0) is 83.7 Å². The van der Waals surface area contributed by atoms with Gasteiger partial charge in [-0.2, -0.15) is 0 Å². The molecule has 200 valence electrons. The van der Waals surface area contributed by atoms with Crippen LogP contribution in [0.15, 0.2) is 164 Å². The monoisotopic (exact) mass is 545 g/mol. The van der Waals surface area contributed by atoms with Crippen molar-refractivity contribution in [2.24, 2.45) is 0 Å². The Morgan fingerprint density at radius 2 is 1.02 bits per heavy atom. The standard InChI is InChI=1S/C42H27N/c1-2-4-12-28-13-6-7-17-31(28)32(16-5-3-1)30-22-23-38-35(26-30)36-27-43-25-24-39(36)42(38)37-20-9-8-18-33(37)34-19-10-14-29-15-11-21-40(42)41(29)34/h1-27H. The molecule has 7 aromatic rings. The maximum absolute atomic E-state index is 4.67. The van der Waals surface area contributed by atoms with E-state index >= 15 is 0 Å². The normalized spacial score (nSPS) is 15.5. The number of pyridine rings is 1. The van der Waals surface area contributed by atoms with Crippen LogP contribution < -0.4 is 0 Å². The summed E-state index contributed by atoms with van der Waals surface area (Å²) in [6.45, 7) is 0. The highest BCUT2D eigenvalue weighted by Crippen LogP contribution is 2.61. The first-order chi connectivity index (χ1) is 21.4. The Kier molecular flexibility index (Phi) is 5.18. The molecule has 2 aliphatic rings. The molecule has 1 nitrogen and oxygen atoms in total. The average Bonchev–Trinajstić information content (AvgIpc) is 3.36. The highest BCUT2D eigenvalue weighted by atomic mass is 14.6. The fourth-order valence-corrected chi connectivity index (χ4v) is 7.72. The molecule has 0 radical (unpaired) electrons. The summed E-state index contributed by atoms with van der Waals surface area (Å²) >= 11 is 0. The zero-order valence-corrected chi connectivity index (χ0v) is 23.5. The minimum atomic E-state index is -0.424. The molecule has 1 aromatic heterocycles. The molecule has 0 N–H and O–H groups in total. The van der Waals surface area contributed by atoms with E-state index < -0.39 is 5.41 Å². The molecule has 1 unspecified atom stereocenters. The molecule has 1 spiro atoms. The van der Waals surface area contributed by atoms with Crippen molar-refractivity contribution in [3.63, 3.8) is 0 Å².